The van der Waals surface area contributed by atoms with Gasteiger partial charge in [-0.05, 0) is 11.6 Å². The molecule has 0 spiro atoms. The van der Waals surface area contributed by atoms with Crippen molar-refractivity contribution in [3.05, 3.63) is 59.4 Å². The predicted molar refractivity (Wildman–Crippen MR) is 72.7 cm³/mol. The van der Waals surface area contributed by atoms with Gasteiger partial charge in [-0.2, -0.15) is 0 Å². The number of carbonyl (C=O) groups is 1. The quantitative estimate of drug-likeness (QED) is 0.809. The van der Waals surface area contributed by atoms with Gasteiger partial charge in [0, 0.05) is 35.5 Å². The van der Waals surface area contributed by atoms with Gasteiger partial charge in [0.1, 0.15) is 0 Å². The summed E-state index contributed by atoms with van der Waals surface area (Å²) in [5.41, 5.74) is 8.21. The van der Waals surface area contributed by atoms with Gasteiger partial charge in [0.25, 0.3) is 0 Å². The van der Waals surface area contributed by atoms with Crippen LogP contribution in [0.3, 0.4) is 0 Å². The third-order valence-electron chi connectivity index (χ3n) is 3.30. The number of aromatic nitrogens is 1. The molecule has 1 aromatic carbocycles. The lowest BCUT2D eigenvalue weighted by molar-refractivity contribution is 0.103. The summed E-state index contributed by atoms with van der Waals surface area (Å²) in [5.74, 6) is 0.0355. The molecule has 3 nitrogen and oxygen atoms in total. The van der Waals surface area contributed by atoms with Crippen LogP contribution in [0.2, 0.25) is 0 Å². The number of nitrogens with one attached hydrogen (secondary N) is 1. The van der Waals surface area contributed by atoms with Gasteiger partial charge in [-0.1, -0.05) is 38.1 Å². The number of carbonyl (C=O) groups excluding carboxylic acids is 1. The molecule has 0 atom stereocenters. The highest BCUT2D eigenvalue weighted by atomic mass is 16.1. The Balaban J connectivity index is 2.26. The highest BCUT2D eigenvalue weighted by molar-refractivity contribution is 6.08. The Morgan fingerprint density at radius 1 is 1.17 bits per heavy atom. The largest absolute Gasteiger partial charge is 0.367 e. The van der Waals surface area contributed by atoms with Gasteiger partial charge in [0.15, 0.2) is 5.78 Å². The fourth-order valence-corrected chi connectivity index (χ4v) is 1.82. The monoisotopic (exact) mass is 242 g/mol. The van der Waals surface area contributed by atoms with E-state index in [4.69, 9.17) is 5.73 Å². The summed E-state index contributed by atoms with van der Waals surface area (Å²) in [6.45, 7) is 4.77. The maximum absolute atomic E-state index is 12.1. The molecule has 94 valence electrons. The van der Waals surface area contributed by atoms with E-state index < -0.39 is 0 Å². The lowest BCUT2D eigenvalue weighted by atomic mass is 9.84. The number of hydrogen-bond acceptors (Lipinski definition) is 2. The smallest absolute Gasteiger partial charge is 0.194 e. The van der Waals surface area contributed by atoms with E-state index in [1.807, 2.05) is 24.3 Å². The van der Waals surface area contributed by atoms with Crippen molar-refractivity contribution >= 4 is 5.78 Å². The molecule has 2 rings (SSSR count). The van der Waals surface area contributed by atoms with E-state index in [2.05, 4.69) is 18.8 Å². The van der Waals surface area contributed by atoms with Crippen LogP contribution in [0.15, 0.2) is 42.7 Å². The summed E-state index contributed by atoms with van der Waals surface area (Å²) in [6.07, 6.45) is 3.46. The minimum Gasteiger partial charge on any atom is -0.367 e. The highest BCUT2D eigenvalue weighted by Gasteiger charge is 2.18. The molecule has 0 bridgehead atoms. The zero-order valence-electron chi connectivity index (χ0n) is 10.7. The zero-order chi connectivity index (χ0) is 13.2. The third kappa shape index (κ3) is 2.36. The summed E-state index contributed by atoms with van der Waals surface area (Å²) in [4.78, 5) is 15.0. The van der Waals surface area contributed by atoms with Crippen LogP contribution >= 0.6 is 0 Å². The van der Waals surface area contributed by atoms with Crippen LogP contribution in [0.4, 0.5) is 0 Å². The normalized spacial score (nSPS) is 11.5. The van der Waals surface area contributed by atoms with Gasteiger partial charge in [-0.3, -0.25) is 4.79 Å². The summed E-state index contributed by atoms with van der Waals surface area (Å²) in [5, 5.41) is 0. The number of aromatic amines is 1. The molecule has 1 aromatic heterocycles. The summed E-state index contributed by atoms with van der Waals surface area (Å²) >= 11 is 0. The Bertz CT molecular complexity index is 524. The number of benzene rings is 1. The van der Waals surface area contributed by atoms with Crippen LogP contribution in [-0.2, 0) is 5.41 Å². The van der Waals surface area contributed by atoms with Crippen LogP contribution in [0.5, 0.6) is 0 Å². The number of nitrogens with two attached hydrogens (primary N) is 1. The molecule has 1 heterocycles. The lowest BCUT2D eigenvalue weighted by Crippen LogP contribution is -2.28. The van der Waals surface area contributed by atoms with E-state index in [0.717, 1.165) is 5.56 Å². The standard InChI is InChI=1S/C15H18N2O/c1-15(2,10-16)13-5-3-11(4-6-13)14(18)12-7-8-17-9-12/h3-9,17H,10,16H2,1-2H3. The predicted octanol–water partition coefficient (Wildman–Crippen LogP) is 2.48. The lowest BCUT2D eigenvalue weighted by Gasteiger charge is -2.23. The van der Waals surface area contributed by atoms with Gasteiger partial charge in [-0.25, -0.2) is 0 Å². The molecule has 0 radical (unpaired) electrons. The minimum absolute atomic E-state index is 0.0355. The van der Waals surface area contributed by atoms with E-state index in [1.54, 1.807) is 18.5 Å². The van der Waals surface area contributed by atoms with Gasteiger partial charge in [0.2, 0.25) is 0 Å². The molecule has 0 saturated heterocycles. The first-order chi connectivity index (χ1) is 8.54. The molecule has 3 heteroatoms. The van der Waals surface area contributed by atoms with E-state index in [9.17, 15) is 4.79 Å². The average molecular weight is 242 g/mol. The highest BCUT2D eigenvalue weighted by Crippen LogP contribution is 2.22. The number of hydrogen-bond donors (Lipinski definition) is 2. The van der Waals surface area contributed by atoms with Gasteiger partial charge in [-0.15, -0.1) is 0 Å². The van der Waals surface area contributed by atoms with Gasteiger partial charge < -0.3 is 10.7 Å². The van der Waals surface area contributed by atoms with E-state index >= 15 is 0 Å². The van der Waals surface area contributed by atoms with Crippen molar-refractivity contribution in [1.82, 2.24) is 4.98 Å². The Hall–Kier alpha value is -1.87. The SMILES string of the molecule is CC(C)(CN)c1ccc(C(=O)c2cc[nH]c2)cc1. The summed E-state index contributed by atoms with van der Waals surface area (Å²) in [7, 11) is 0. The Morgan fingerprint density at radius 2 is 1.83 bits per heavy atom. The minimum atomic E-state index is -0.0599. The Morgan fingerprint density at radius 3 is 2.33 bits per heavy atom. The van der Waals surface area contributed by atoms with Crippen molar-refractivity contribution < 1.29 is 4.79 Å². The van der Waals surface area contributed by atoms with Crippen molar-refractivity contribution in [2.45, 2.75) is 19.3 Å². The maximum Gasteiger partial charge on any atom is 0.194 e. The third-order valence-corrected chi connectivity index (χ3v) is 3.30. The first-order valence-corrected chi connectivity index (χ1v) is 6.03. The summed E-state index contributed by atoms with van der Waals surface area (Å²) in [6, 6.07) is 9.46. The molecule has 0 aliphatic rings. The van der Waals surface area contributed by atoms with Crippen LogP contribution in [0.1, 0.15) is 35.3 Å². The van der Waals surface area contributed by atoms with Crippen LogP contribution in [0, 0.1) is 0 Å². The molecule has 0 fully saturated rings. The molecule has 0 saturated carbocycles. The van der Waals surface area contributed by atoms with Gasteiger partial charge >= 0.3 is 0 Å². The summed E-state index contributed by atoms with van der Waals surface area (Å²) < 4.78 is 0. The van der Waals surface area contributed by atoms with Crippen molar-refractivity contribution in [3.63, 3.8) is 0 Å². The zero-order valence-corrected chi connectivity index (χ0v) is 10.7. The second-order valence-electron chi connectivity index (χ2n) is 5.09. The van der Waals surface area contributed by atoms with Crippen LogP contribution in [0.25, 0.3) is 0 Å². The first-order valence-electron chi connectivity index (χ1n) is 6.03. The average Bonchev–Trinajstić information content (AvgIpc) is 2.92. The first kappa shape index (κ1) is 12.6. The fourth-order valence-electron chi connectivity index (χ4n) is 1.82. The Kier molecular flexibility index (Phi) is 3.34. The van der Waals surface area contributed by atoms with Crippen molar-refractivity contribution in [2.24, 2.45) is 5.73 Å². The molecule has 0 aliphatic heterocycles. The number of rotatable bonds is 4. The Labute approximate surface area is 107 Å². The van der Waals surface area contributed by atoms with Crippen LogP contribution < -0.4 is 5.73 Å². The molecule has 0 amide bonds. The molecule has 0 unspecified atom stereocenters. The fraction of sp³-hybridized carbons (Fsp3) is 0.267. The van der Waals surface area contributed by atoms with E-state index in [-0.39, 0.29) is 11.2 Å². The van der Waals surface area contributed by atoms with Gasteiger partial charge in [0.05, 0.1) is 0 Å². The van der Waals surface area contributed by atoms with Crippen LogP contribution in [-0.4, -0.2) is 17.3 Å². The van der Waals surface area contributed by atoms with E-state index in [1.165, 1.54) is 0 Å². The molecular formula is C15H18N2O. The second kappa shape index (κ2) is 4.78. The number of ketones is 1. The number of H-pyrrole nitrogens is 1. The molecule has 2 aromatic rings. The van der Waals surface area contributed by atoms with E-state index in [0.29, 0.717) is 17.7 Å². The molecular weight excluding hydrogens is 224 g/mol. The van der Waals surface area contributed by atoms with Crippen molar-refractivity contribution in [2.75, 3.05) is 6.54 Å². The maximum atomic E-state index is 12.1. The molecule has 3 N–H and O–H groups in total. The van der Waals surface area contributed by atoms with Crippen molar-refractivity contribution in [1.29, 1.82) is 0 Å². The second-order valence-corrected chi connectivity index (χ2v) is 5.09. The molecule has 18 heavy (non-hydrogen) atoms. The molecule has 0 aliphatic carbocycles. The topological polar surface area (TPSA) is 58.9 Å². The van der Waals surface area contributed by atoms with Crippen molar-refractivity contribution in [3.8, 4) is 0 Å².